The van der Waals surface area contributed by atoms with Gasteiger partial charge >= 0.3 is 0 Å². The van der Waals surface area contributed by atoms with Crippen molar-refractivity contribution in [2.24, 2.45) is 5.41 Å². The molecule has 1 saturated carbocycles. The molecule has 1 aliphatic rings. The highest BCUT2D eigenvalue weighted by atomic mass is 35.5. The maximum absolute atomic E-state index is 13.8. The summed E-state index contributed by atoms with van der Waals surface area (Å²) < 4.78 is 13.8. The highest BCUT2D eigenvalue weighted by Gasteiger charge is 2.36. The van der Waals surface area contributed by atoms with Crippen LogP contribution in [0.2, 0.25) is 5.02 Å². The van der Waals surface area contributed by atoms with Gasteiger partial charge in [-0.25, -0.2) is 4.39 Å². The van der Waals surface area contributed by atoms with Crippen molar-refractivity contribution < 1.29 is 4.39 Å². The molecule has 100 valence electrons. The fraction of sp³-hybridized carbons (Fsp3) is 0.600. The number of rotatable bonds is 4. The third kappa shape index (κ3) is 2.86. The Balaban J connectivity index is 2.17. The van der Waals surface area contributed by atoms with Gasteiger partial charge in [0.2, 0.25) is 0 Å². The van der Waals surface area contributed by atoms with Gasteiger partial charge in [0.05, 0.1) is 0 Å². The third-order valence-corrected chi connectivity index (χ3v) is 4.60. The van der Waals surface area contributed by atoms with E-state index in [2.05, 4.69) is 12.2 Å². The zero-order valence-corrected chi connectivity index (χ0v) is 11.9. The SMILES string of the molecule is CNC(Cc1cc(Cl)ccc1F)C1(C)CCCC1. The minimum atomic E-state index is -0.152. The van der Waals surface area contributed by atoms with Crippen LogP contribution in [0.15, 0.2) is 18.2 Å². The van der Waals surface area contributed by atoms with Crippen LogP contribution in [0.4, 0.5) is 4.39 Å². The van der Waals surface area contributed by atoms with E-state index >= 15 is 0 Å². The molecule has 1 fully saturated rings. The van der Waals surface area contributed by atoms with Crippen LogP contribution < -0.4 is 5.32 Å². The molecule has 3 heteroatoms. The number of likely N-dealkylation sites (N-methyl/N-ethyl adjacent to an activating group) is 1. The van der Waals surface area contributed by atoms with Crippen LogP contribution in [0.3, 0.4) is 0 Å². The van der Waals surface area contributed by atoms with E-state index in [0.29, 0.717) is 17.5 Å². The normalized spacial score (nSPS) is 20.0. The molecule has 0 saturated heterocycles. The van der Waals surface area contributed by atoms with Crippen molar-refractivity contribution >= 4 is 11.6 Å². The van der Waals surface area contributed by atoms with Crippen molar-refractivity contribution in [2.75, 3.05) is 7.05 Å². The maximum atomic E-state index is 13.8. The number of benzene rings is 1. The van der Waals surface area contributed by atoms with Gasteiger partial charge in [-0.05, 0) is 55.5 Å². The zero-order valence-electron chi connectivity index (χ0n) is 11.1. The quantitative estimate of drug-likeness (QED) is 0.864. The van der Waals surface area contributed by atoms with E-state index in [9.17, 15) is 4.39 Å². The molecule has 2 rings (SSSR count). The molecule has 1 aromatic carbocycles. The van der Waals surface area contributed by atoms with E-state index in [1.807, 2.05) is 7.05 Å². The van der Waals surface area contributed by atoms with Gasteiger partial charge in [0.15, 0.2) is 0 Å². The van der Waals surface area contributed by atoms with Gasteiger partial charge in [-0.3, -0.25) is 0 Å². The molecule has 1 N–H and O–H groups in total. The molecule has 1 aliphatic carbocycles. The van der Waals surface area contributed by atoms with E-state index in [4.69, 9.17) is 11.6 Å². The molecule has 0 spiro atoms. The Morgan fingerprint density at radius 3 is 2.67 bits per heavy atom. The van der Waals surface area contributed by atoms with Crippen LogP contribution in [0.1, 0.15) is 38.2 Å². The first-order chi connectivity index (χ1) is 8.55. The fourth-order valence-electron chi connectivity index (χ4n) is 3.15. The van der Waals surface area contributed by atoms with Crippen LogP contribution in [-0.4, -0.2) is 13.1 Å². The van der Waals surface area contributed by atoms with E-state index in [-0.39, 0.29) is 11.2 Å². The average molecular weight is 270 g/mol. The smallest absolute Gasteiger partial charge is 0.126 e. The summed E-state index contributed by atoms with van der Waals surface area (Å²) in [6.07, 6.45) is 5.72. The summed E-state index contributed by atoms with van der Waals surface area (Å²) in [5, 5.41) is 3.98. The zero-order chi connectivity index (χ0) is 13.2. The highest BCUT2D eigenvalue weighted by molar-refractivity contribution is 6.30. The summed E-state index contributed by atoms with van der Waals surface area (Å²) in [6.45, 7) is 2.31. The van der Waals surface area contributed by atoms with Gasteiger partial charge < -0.3 is 5.32 Å². The number of nitrogens with one attached hydrogen (secondary N) is 1. The predicted octanol–water partition coefficient (Wildman–Crippen LogP) is 4.19. The second-order valence-electron chi connectivity index (χ2n) is 5.64. The Kier molecular flexibility index (Phi) is 4.29. The van der Waals surface area contributed by atoms with Crippen molar-refractivity contribution in [3.8, 4) is 0 Å². The van der Waals surface area contributed by atoms with Gasteiger partial charge in [0.25, 0.3) is 0 Å². The average Bonchev–Trinajstić information content (AvgIpc) is 2.78. The highest BCUT2D eigenvalue weighted by Crippen LogP contribution is 2.41. The Labute approximate surface area is 114 Å². The van der Waals surface area contributed by atoms with Gasteiger partial charge in [0.1, 0.15) is 5.82 Å². The lowest BCUT2D eigenvalue weighted by atomic mass is 9.78. The topological polar surface area (TPSA) is 12.0 Å². The molecule has 0 radical (unpaired) electrons. The van der Waals surface area contributed by atoms with E-state index in [0.717, 1.165) is 5.56 Å². The summed E-state index contributed by atoms with van der Waals surface area (Å²) in [4.78, 5) is 0. The van der Waals surface area contributed by atoms with E-state index in [1.165, 1.54) is 31.7 Å². The van der Waals surface area contributed by atoms with Crippen LogP contribution >= 0.6 is 11.6 Å². The van der Waals surface area contributed by atoms with Gasteiger partial charge in [-0.15, -0.1) is 0 Å². The van der Waals surface area contributed by atoms with Crippen LogP contribution in [0, 0.1) is 11.2 Å². The predicted molar refractivity (Wildman–Crippen MR) is 74.5 cm³/mol. The Morgan fingerprint density at radius 2 is 2.06 bits per heavy atom. The van der Waals surface area contributed by atoms with E-state index < -0.39 is 0 Å². The fourth-order valence-corrected chi connectivity index (χ4v) is 3.34. The lowest BCUT2D eigenvalue weighted by molar-refractivity contribution is 0.228. The minimum Gasteiger partial charge on any atom is -0.316 e. The molecule has 0 heterocycles. The lowest BCUT2D eigenvalue weighted by Gasteiger charge is -2.34. The second kappa shape index (κ2) is 5.58. The summed E-state index contributed by atoms with van der Waals surface area (Å²) in [7, 11) is 1.97. The lowest BCUT2D eigenvalue weighted by Crippen LogP contribution is -2.42. The Bertz CT molecular complexity index is 413. The van der Waals surface area contributed by atoms with Crippen molar-refractivity contribution in [3.63, 3.8) is 0 Å². The molecule has 1 unspecified atom stereocenters. The number of halogens is 2. The van der Waals surface area contributed by atoms with Crippen molar-refractivity contribution in [1.82, 2.24) is 5.32 Å². The largest absolute Gasteiger partial charge is 0.316 e. The summed E-state index contributed by atoms with van der Waals surface area (Å²) >= 11 is 5.95. The van der Waals surface area contributed by atoms with Crippen molar-refractivity contribution in [2.45, 2.75) is 45.1 Å². The summed E-state index contributed by atoms with van der Waals surface area (Å²) in [6, 6.07) is 5.13. The molecular weight excluding hydrogens is 249 g/mol. The second-order valence-corrected chi connectivity index (χ2v) is 6.08. The number of hydrogen-bond donors (Lipinski definition) is 1. The van der Waals surface area contributed by atoms with Gasteiger partial charge in [0, 0.05) is 11.1 Å². The molecule has 1 aromatic rings. The van der Waals surface area contributed by atoms with Gasteiger partial charge in [-0.2, -0.15) is 0 Å². The first-order valence-electron chi connectivity index (χ1n) is 6.66. The van der Waals surface area contributed by atoms with Gasteiger partial charge in [-0.1, -0.05) is 31.4 Å². The molecule has 1 atom stereocenters. The summed E-state index contributed by atoms with van der Waals surface area (Å²) in [5.41, 5.74) is 0.999. The maximum Gasteiger partial charge on any atom is 0.126 e. The molecule has 0 aliphatic heterocycles. The molecule has 0 amide bonds. The van der Waals surface area contributed by atoms with Crippen LogP contribution in [-0.2, 0) is 6.42 Å². The first kappa shape index (κ1) is 13.8. The molecular formula is C15H21ClFN. The Morgan fingerprint density at radius 1 is 1.39 bits per heavy atom. The van der Waals surface area contributed by atoms with Crippen LogP contribution in [0.5, 0.6) is 0 Å². The van der Waals surface area contributed by atoms with E-state index in [1.54, 1.807) is 12.1 Å². The molecule has 0 aromatic heterocycles. The first-order valence-corrected chi connectivity index (χ1v) is 7.04. The van der Waals surface area contributed by atoms with Crippen molar-refractivity contribution in [3.05, 3.63) is 34.6 Å². The molecule has 1 nitrogen and oxygen atoms in total. The van der Waals surface area contributed by atoms with Crippen LogP contribution in [0.25, 0.3) is 0 Å². The molecule has 0 bridgehead atoms. The van der Waals surface area contributed by atoms with Crippen molar-refractivity contribution in [1.29, 1.82) is 0 Å². The minimum absolute atomic E-state index is 0.152. The standard InChI is InChI=1S/C15H21ClFN/c1-15(7-3-4-8-15)14(18-2)10-11-9-12(16)5-6-13(11)17/h5-6,9,14,18H,3-4,7-8,10H2,1-2H3. The summed E-state index contributed by atoms with van der Waals surface area (Å²) in [5.74, 6) is -0.152. The number of hydrogen-bond acceptors (Lipinski definition) is 1. The monoisotopic (exact) mass is 269 g/mol. The molecule has 18 heavy (non-hydrogen) atoms. The third-order valence-electron chi connectivity index (χ3n) is 4.37. The Hall–Kier alpha value is -0.600.